The molecule has 2 aromatic carbocycles. The highest BCUT2D eigenvalue weighted by Crippen LogP contribution is 2.35. The SMILES string of the molecule is CN1c2cc(C(=O)Nc3ccc(Cl)c(F)c3)ccc2C(=O)N2CCCC[C@H]21. The number of anilines is 2. The zero-order chi connectivity index (χ0) is 19.1. The zero-order valence-corrected chi connectivity index (χ0v) is 15.6. The number of amides is 2. The summed E-state index contributed by atoms with van der Waals surface area (Å²) in [7, 11) is 1.95. The van der Waals surface area contributed by atoms with Crippen LogP contribution in [0.25, 0.3) is 0 Å². The molecule has 4 rings (SSSR count). The lowest BCUT2D eigenvalue weighted by Gasteiger charge is -2.46. The maximum absolute atomic E-state index is 13.6. The van der Waals surface area contributed by atoms with E-state index < -0.39 is 5.82 Å². The Morgan fingerprint density at radius 3 is 2.81 bits per heavy atom. The molecule has 27 heavy (non-hydrogen) atoms. The second kappa shape index (κ2) is 6.85. The van der Waals surface area contributed by atoms with E-state index in [4.69, 9.17) is 11.6 Å². The summed E-state index contributed by atoms with van der Waals surface area (Å²) >= 11 is 5.67. The van der Waals surface area contributed by atoms with Gasteiger partial charge in [0.25, 0.3) is 11.8 Å². The summed E-state index contributed by atoms with van der Waals surface area (Å²) in [5, 5.41) is 2.66. The molecule has 2 heterocycles. The second-order valence-electron chi connectivity index (χ2n) is 6.90. The van der Waals surface area contributed by atoms with Crippen molar-refractivity contribution in [1.29, 1.82) is 0 Å². The maximum Gasteiger partial charge on any atom is 0.257 e. The number of nitrogens with zero attached hydrogens (tertiary/aromatic N) is 2. The fourth-order valence-corrected chi connectivity index (χ4v) is 3.91. The lowest BCUT2D eigenvalue weighted by atomic mass is 9.97. The molecule has 140 valence electrons. The first kappa shape index (κ1) is 17.8. The molecule has 1 atom stereocenters. The van der Waals surface area contributed by atoms with Crippen LogP contribution in [-0.2, 0) is 0 Å². The number of hydrogen-bond acceptors (Lipinski definition) is 3. The van der Waals surface area contributed by atoms with Crippen LogP contribution in [0.3, 0.4) is 0 Å². The van der Waals surface area contributed by atoms with E-state index in [-0.39, 0.29) is 23.0 Å². The Bertz CT molecular complexity index is 933. The number of rotatable bonds is 2. The van der Waals surface area contributed by atoms with Crippen molar-refractivity contribution in [2.45, 2.75) is 25.4 Å². The van der Waals surface area contributed by atoms with Gasteiger partial charge in [0.2, 0.25) is 0 Å². The molecular weight excluding hydrogens is 369 g/mol. The monoisotopic (exact) mass is 387 g/mol. The number of nitrogens with one attached hydrogen (secondary N) is 1. The van der Waals surface area contributed by atoms with Gasteiger partial charge in [-0.3, -0.25) is 9.59 Å². The molecule has 0 saturated carbocycles. The molecule has 0 bridgehead atoms. The van der Waals surface area contributed by atoms with Crippen LogP contribution in [0, 0.1) is 5.82 Å². The van der Waals surface area contributed by atoms with E-state index in [1.54, 1.807) is 18.2 Å². The predicted octanol–water partition coefficient (Wildman–Crippen LogP) is 4.13. The third-order valence-electron chi connectivity index (χ3n) is 5.23. The second-order valence-corrected chi connectivity index (χ2v) is 7.31. The smallest absolute Gasteiger partial charge is 0.257 e. The summed E-state index contributed by atoms with van der Waals surface area (Å²) in [5.74, 6) is -0.950. The van der Waals surface area contributed by atoms with Crippen molar-refractivity contribution in [3.8, 4) is 0 Å². The molecule has 0 radical (unpaired) electrons. The van der Waals surface area contributed by atoms with E-state index in [0.717, 1.165) is 31.5 Å². The van der Waals surface area contributed by atoms with Crippen molar-refractivity contribution in [2.24, 2.45) is 0 Å². The van der Waals surface area contributed by atoms with Crippen molar-refractivity contribution in [2.75, 3.05) is 23.8 Å². The van der Waals surface area contributed by atoms with E-state index in [1.807, 2.05) is 11.9 Å². The summed E-state index contributed by atoms with van der Waals surface area (Å²) < 4.78 is 13.6. The van der Waals surface area contributed by atoms with Gasteiger partial charge >= 0.3 is 0 Å². The molecule has 7 heteroatoms. The summed E-state index contributed by atoms with van der Waals surface area (Å²) in [6.07, 6.45) is 3.05. The first-order chi connectivity index (χ1) is 13.0. The van der Waals surface area contributed by atoms with Gasteiger partial charge in [-0.25, -0.2) is 4.39 Å². The summed E-state index contributed by atoms with van der Waals surface area (Å²) in [4.78, 5) is 29.3. The van der Waals surface area contributed by atoms with Crippen molar-refractivity contribution < 1.29 is 14.0 Å². The van der Waals surface area contributed by atoms with Crippen molar-refractivity contribution >= 4 is 34.8 Å². The average Bonchev–Trinajstić information content (AvgIpc) is 2.68. The van der Waals surface area contributed by atoms with E-state index in [1.165, 1.54) is 18.2 Å². The molecule has 1 saturated heterocycles. The summed E-state index contributed by atoms with van der Waals surface area (Å²) in [6, 6.07) is 9.14. The van der Waals surface area contributed by atoms with Crippen molar-refractivity contribution in [3.63, 3.8) is 0 Å². The minimum Gasteiger partial charge on any atom is -0.354 e. The maximum atomic E-state index is 13.6. The highest BCUT2D eigenvalue weighted by molar-refractivity contribution is 6.30. The number of benzene rings is 2. The van der Waals surface area contributed by atoms with Gasteiger partial charge in [0, 0.05) is 24.8 Å². The molecule has 0 unspecified atom stereocenters. The predicted molar refractivity (Wildman–Crippen MR) is 103 cm³/mol. The molecule has 2 aliphatic heterocycles. The minimum absolute atomic E-state index is 0.000969. The van der Waals surface area contributed by atoms with Crippen LogP contribution >= 0.6 is 11.6 Å². The lowest BCUT2D eigenvalue weighted by molar-refractivity contribution is 0.0589. The number of hydrogen-bond donors (Lipinski definition) is 1. The fourth-order valence-electron chi connectivity index (χ4n) is 3.79. The third kappa shape index (κ3) is 3.14. The quantitative estimate of drug-likeness (QED) is 0.842. The zero-order valence-electron chi connectivity index (χ0n) is 14.8. The van der Waals surface area contributed by atoms with E-state index in [2.05, 4.69) is 10.2 Å². The number of halogens is 2. The molecule has 2 aliphatic rings. The Kier molecular flexibility index (Phi) is 4.52. The summed E-state index contributed by atoms with van der Waals surface area (Å²) in [5.41, 5.74) is 2.08. The van der Waals surface area contributed by atoms with E-state index >= 15 is 0 Å². The number of carbonyl (C=O) groups excluding carboxylic acids is 2. The van der Waals surface area contributed by atoms with Crippen LogP contribution in [0.2, 0.25) is 5.02 Å². The highest BCUT2D eigenvalue weighted by atomic mass is 35.5. The Morgan fingerprint density at radius 1 is 1.22 bits per heavy atom. The van der Waals surface area contributed by atoms with Gasteiger partial charge in [0.1, 0.15) is 12.0 Å². The summed E-state index contributed by atoms with van der Waals surface area (Å²) in [6.45, 7) is 0.762. The first-order valence-electron chi connectivity index (χ1n) is 8.90. The topological polar surface area (TPSA) is 52.7 Å². The number of fused-ring (bicyclic) bond motifs is 2. The Morgan fingerprint density at radius 2 is 2.04 bits per heavy atom. The Balaban J connectivity index is 1.62. The van der Waals surface area contributed by atoms with Crippen LogP contribution in [0.15, 0.2) is 36.4 Å². The molecule has 1 fully saturated rings. The fraction of sp³-hybridized carbons (Fsp3) is 0.300. The first-order valence-corrected chi connectivity index (χ1v) is 9.28. The molecule has 1 N–H and O–H groups in total. The van der Waals surface area contributed by atoms with Gasteiger partial charge in [0.05, 0.1) is 16.3 Å². The van der Waals surface area contributed by atoms with Crippen LogP contribution in [0.5, 0.6) is 0 Å². The molecular formula is C20H19ClFN3O2. The van der Waals surface area contributed by atoms with Gasteiger partial charge in [-0.05, 0) is 55.7 Å². The van der Waals surface area contributed by atoms with Gasteiger partial charge in [0.15, 0.2) is 0 Å². The van der Waals surface area contributed by atoms with E-state index in [9.17, 15) is 14.0 Å². The molecule has 5 nitrogen and oxygen atoms in total. The Labute approximate surface area is 161 Å². The van der Waals surface area contributed by atoms with Crippen molar-refractivity contribution in [1.82, 2.24) is 4.90 Å². The third-order valence-corrected chi connectivity index (χ3v) is 5.53. The highest BCUT2D eigenvalue weighted by Gasteiger charge is 2.37. The van der Waals surface area contributed by atoms with Gasteiger partial charge in [-0.1, -0.05) is 11.6 Å². The standard InChI is InChI=1S/C20H19ClFN3O2/c1-24-17-10-12(19(26)23-13-6-8-15(21)16(22)11-13)5-7-14(17)20(27)25-9-3-2-4-18(24)25/h5-8,10-11,18H,2-4,9H2,1H3,(H,23,26)/t18-/m0/s1. The van der Waals surface area contributed by atoms with Gasteiger partial charge in [-0.2, -0.15) is 0 Å². The average molecular weight is 388 g/mol. The molecule has 2 aromatic rings. The van der Waals surface area contributed by atoms with Crippen LogP contribution < -0.4 is 10.2 Å². The van der Waals surface area contributed by atoms with Gasteiger partial charge in [-0.15, -0.1) is 0 Å². The minimum atomic E-state index is -0.595. The van der Waals surface area contributed by atoms with E-state index in [0.29, 0.717) is 16.8 Å². The number of carbonyl (C=O) groups is 2. The molecule has 0 spiro atoms. The molecule has 2 amide bonds. The normalized spacial score (nSPS) is 18.8. The number of piperidine rings is 1. The molecule has 0 aromatic heterocycles. The van der Waals surface area contributed by atoms with Gasteiger partial charge < -0.3 is 15.1 Å². The largest absolute Gasteiger partial charge is 0.354 e. The Hall–Kier alpha value is -2.60. The van der Waals surface area contributed by atoms with Crippen molar-refractivity contribution in [3.05, 3.63) is 58.4 Å². The van der Waals surface area contributed by atoms with Crippen LogP contribution in [-0.4, -0.2) is 36.5 Å². The van der Waals surface area contributed by atoms with Crippen LogP contribution in [0.4, 0.5) is 15.8 Å². The lowest BCUT2D eigenvalue weighted by Crippen LogP contribution is -2.55. The molecule has 0 aliphatic carbocycles. The van der Waals surface area contributed by atoms with Crippen LogP contribution in [0.1, 0.15) is 40.0 Å².